The van der Waals surface area contributed by atoms with Crippen molar-refractivity contribution in [2.24, 2.45) is 0 Å². The first-order chi connectivity index (χ1) is 17.2. The van der Waals surface area contributed by atoms with Gasteiger partial charge in [0.1, 0.15) is 11.8 Å². The Morgan fingerprint density at radius 3 is 2.49 bits per heavy atom. The molecule has 172 valence electrons. The number of methoxy groups -OCH3 is 1. The standard InChI is InChI=1S/C29H24N4OS/c1-34-26-14-5-4-12-24(26)33-28(27(31-29(33)35)23-11-6-7-17-30-23)25-13-8-18-32(25)22-16-15-20-9-2-3-10-21(20)19-22/h2-19,27-28H,1H3,(H,31,35). The molecule has 0 amide bonds. The van der Waals surface area contributed by atoms with Crippen LogP contribution in [0.25, 0.3) is 16.5 Å². The van der Waals surface area contributed by atoms with Gasteiger partial charge in [-0.05, 0) is 71.5 Å². The summed E-state index contributed by atoms with van der Waals surface area (Å²) in [5.41, 5.74) is 4.06. The third kappa shape index (κ3) is 3.72. The highest BCUT2D eigenvalue weighted by Crippen LogP contribution is 2.44. The zero-order valence-electron chi connectivity index (χ0n) is 19.2. The van der Waals surface area contributed by atoms with Gasteiger partial charge >= 0.3 is 0 Å². The maximum atomic E-state index is 5.90. The first kappa shape index (κ1) is 21.4. The summed E-state index contributed by atoms with van der Waals surface area (Å²) in [5, 5.41) is 6.60. The van der Waals surface area contributed by atoms with Gasteiger partial charge in [-0.15, -0.1) is 0 Å². The number of nitrogens with zero attached hydrogens (tertiary/aromatic N) is 3. The van der Waals surface area contributed by atoms with Crippen molar-refractivity contribution in [1.82, 2.24) is 14.9 Å². The van der Waals surface area contributed by atoms with Crippen LogP contribution in [0.4, 0.5) is 5.69 Å². The van der Waals surface area contributed by atoms with Crippen LogP contribution in [0.2, 0.25) is 0 Å². The lowest BCUT2D eigenvalue weighted by Crippen LogP contribution is -2.30. The molecule has 0 radical (unpaired) electrons. The lowest BCUT2D eigenvalue weighted by atomic mass is 10.0. The van der Waals surface area contributed by atoms with E-state index < -0.39 is 0 Å². The molecule has 0 saturated carbocycles. The van der Waals surface area contributed by atoms with E-state index in [2.05, 4.69) is 80.6 Å². The normalized spacial score (nSPS) is 17.5. The van der Waals surface area contributed by atoms with E-state index in [0.717, 1.165) is 28.5 Å². The number of benzene rings is 3. The summed E-state index contributed by atoms with van der Waals surface area (Å²) in [6.07, 6.45) is 3.93. The zero-order valence-corrected chi connectivity index (χ0v) is 20.0. The third-order valence-electron chi connectivity index (χ3n) is 6.54. The second kappa shape index (κ2) is 8.89. The average molecular weight is 477 g/mol. The molecule has 1 aliphatic heterocycles. The smallest absolute Gasteiger partial charge is 0.174 e. The Morgan fingerprint density at radius 1 is 0.857 bits per heavy atom. The van der Waals surface area contributed by atoms with E-state index in [4.69, 9.17) is 17.0 Å². The van der Waals surface area contributed by atoms with Crippen LogP contribution >= 0.6 is 12.2 Å². The number of rotatable bonds is 5. The topological polar surface area (TPSA) is 42.3 Å². The zero-order chi connectivity index (χ0) is 23.8. The molecule has 2 atom stereocenters. The number of ether oxygens (including phenoxy) is 1. The van der Waals surface area contributed by atoms with Gasteiger partial charge in [0.15, 0.2) is 5.11 Å². The summed E-state index contributed by atoms with van der Waals surface area (Å²) >= 11 is 5.90. The number of nitrogens with one attached hydrogen (secondary N) is 1. The second-order valence-electron chi connectivity index (χ2n) is 8.50. The monoisotopic (exact) mass is 476 g/mol. The van der Waals surface area contributed by atoms with E-state index in [1.165, 1.54) is 10.8 Å². The predicted octanol–water partition coefficient (Wildman–Crippen LogP) is 6.21. The highest BCUT2D eigenvalue weighted by Gasteiger charge is 2.43. The van der Waals surface area contributed by atoms with Crippen molar-refractivity contribution < 1.29 is 4.74 Å². The maximum Gasteiger partial charge on any atom is 0.174 e. The van der Waals surface area contributed by atoms with Gasteiger partial charge in [-0.3, -0.25) is 4.98 Å². The van der Waals surface area contributed by atoms with Crippen LogP contribution in [0, 0.1) is 0 Å². The number of fused-ring (bicyclic) bond motifs is 1. The lowest BCUT2D eigenvalue weighted by molar-refractivity contribution is 0.414. The number of hydrogen-bond acceptors (Lipinski definition) is 3. The maximum absolute atomic E-state index is 5.90. The Hall–Kier alpha value is -4.16. The summed E-state index contributed by atoms with van der Waals surface area (Å²) in [7, 11) is 1.69. The predicted molar refractivity (Wildman–Crippen MR) is 144 cm³/mol. The average Bonchev–Trinajstić information content (AvgIpc) is 3.53. The first-order valence-corrected chi connectivity index (χ1v) is 12.0. The van der Waals surface area contributed by atoms with Gasteiger partial charge in [0.2, 0.25) is 0 Å². The van der Waals surface area contributed by atoms with Gasteiger partial charge in [0.05, 0.1) is 24.5 Å². The van der Waals surface area contributed by atoms with E-state index in [0.29, 0.717) is 5.11 Å². The Labute approximate surface area is 209 Å². The van der Waals surface area contributed by atoms with Crippen LogP contribution in [-0.4, -0.2) is 21.8 Å². The van der Waals surface area contributed by atoms with E-state index >= 15 is 0 Å². The molecule has 1 N–H and O–H groups in total. The number of hydrogen-bond donors (Lipinski definition) is 1. The molecule has 0 aliphatic carbocycles. The number of pyridine rings is 1. The van der Waals surface area contributed by atoms with Crippen LogP contribution < -0.4 is 15.0 Å². The van der Waals surface area contributed by atoms with Crippen LogP contribution in [0.1, 0.15) is 23.5 Å². The second-order valence-corrected chi connectivity index (χ2v) is 8.89. The van der Waals surface area contributed by atoms with E-state index in [1.54, 1.807) is 7.11 Å². The molecule has 6 heteroatoms. The molecule has 1 saturated heterocycles. The summed E-state index contributed by atoms with van der Waals surface area (Å²) in [6, 6.07) is 32.9. The SMILES string of the molecule is COc1ccccc1N1C(=S)NC(c2ccccn2)C1c1cccn1-c1ccc2ccccc2c1. The molecule has 5 nitrogen and oxygen atoms in total. The van der Waals surface area contributed by atoms with Crippen molar-refractivity contribution in [2.45, 2.75) is 12.1 Å². The minimum Gasteiger partial charge on any atom is -0.495 e. The molecule has 0 spiro atoms. The van der Waals surface area contributed by atoms with Gasteiger partial charge in [-0.2, -0.15) is 0 Å². The fraction of sp³-hybridized carbons (Fsp3) is 0.103. The molecular formula is C29H24N4OS. The van der Waals surface area contributed by atoms with Crippen molar-refractivity contribution in [3.8, 4) is 11.4 Å². The number of thiocarbonyl (C=S) groups is 1. The van der Waals surface area contributed by atoms with Gasteiger partial charge in [-0.25, -0.2) is 0 Å². The molecule has 3 heterocycles. The molecular weight excluding hydrogens is 452 g/mol. The van der Waals surface area contributed by atoms with Crippen LogP contribution in [0.5, 0.6) is 5.75 Å². The molecule has 0 bridgehead atoms. The Morgan fingerprint density at radius 2 is 1.66 bits per heavy atom. The van der Waals surface area contributed by atoms with Gasteiger partial charge in [-0.1, -0.05) is 48.5 Å². The van der Waals surface area contributed by atoms with Crippen molar-refractivity contribution in [3.05, 3.63) is 121 Å². The van der Waals surface area contributed by atoms with Gasteiger partial charge < -0.3 is 19.5 Å². The highest BCUT2D eigenvalue weighted by atomic mass is 32.1. The van der Waals surface area contributed by atoms with E-state index in [1.807, 2.05) is 48.7 Å². The fourth-order valence-electron chi connectivity index (χ4n) is 4.94. The summed E-state index contributed by atoms with van der Waals surface area (Å²) in [6.45, 7) is 0. The van der Waals surface area contributed by atoms with Crippen LogP contribution in [0.3, 0.4) is 0 Å². The minimum atomic E-state index is -0.143. The molecule has 2 aromatic heterocycles. The molecule has 1 aliphatic rings. The summed E-state index contributed by atoms with van der Waals surface area (Å²) < 4.78 is 7.97. The largest absolute Gasteiger partial charge is 0.495 e. The van der Waals surface area contributed by atoms with Gasteiger partial charge in [0, 0.05) is 23.8 Å². The summed E-state index contributed by atoms with van der Waals surface area (Å²) in [4.78, 5) is 6.83. The fourth-order valence-corrected chi connectivity index (χ4v) is 5.28. The quantitative estimate of drug-likeness (QED) is 0.306. The van der Waals surface area contributed by atoms with Gasteiger partial charge in [0.25, 0.3) is 0 Å². The Balaban J connectivity index is 1.53. The van der Waals surface area contributed by atoms with Crippen LogP contribution in [0.15, 0.2) is 109 Å². The molecule has 1 fully saturated rings. The number of aromatic nitrogens is 2. The Bertz CT molecular complexity index is 1510. The van der Waals surface area contributed by atoms with Crippen molar-refractivity contribution in [2.75, 3.05) is 12.0 Å². The first-order valence-electron chi connectivity index (χ1n) is 11.5. The lowest BCUT2D eigenvalue weighted by Gasteiger charge is -2.30. The molecule has 2 unspecified atom stereocenters. The third-order valence-corrected chi connectivity index (χ3v) is 6.85. The van der Waals surface area contributed by atoms with Crippen LogP contribution in [-0.2, 0) is 0 Å². The Kier molecular flexibility index (Phi) is 5.43. The van der Waals surface area contributed by atoms with E-state index in [-0.39, 0.29) is 12.1 Å². The highest BCUT2D eigenvalue weighted by molar-refractivity contribution is 7.80. The van der Waals surface area contributed by atoms with Crippen molar-refractivity contribution in [1.29, 1.82) is 0 Å². The molecule has 5 aromatic rings. The molecule has 3 aromatic carbocycles. The number of anilines is 1. The van der Waals surface area contributed by atoms with Crippen molar-refractivity contribution >= 4 is 33.8 Å². The van der Waals surface area contributed by atoms with E-state index in [9.17, 15) is 0 Å². The molecule has 35 heavy (non-hydrogen) atoms. The van der Waals surface area contributed by atoms with Crippen molar-refractivity contribution in [3.63, 3.8) is 0 Å². The molecule has 6 rings (SSSR count). The summed E-state index contributed by atoms with van der Waals surface area (Å²) in [5.74, 6) is 0.770. The minimum absolute atomic E-state index is 0.136. The number of para-hydroxylation sites is 2.